The van der Waals surface area contributed by atoms with Crippen LogP contribution in [0.3, 0.4) is 0 Å². The van der Waals surface area contributed by atoms with Crippen LogP contribution in [0, 0.1) is 0 Å². The van der Waals surface area contributed by atoms with E-state index in [4.69, 9.17) is 0 Å². The van der Waals surface area contributed by atoms with Crippen molar-refractivity contribution in [2.45, 2.75) is 46.2 Å². The first-order valence-electron chi connectivity index (χ1n) is 5.94. The van der Waals surface area contributed by atoms with Crippen molar-refractivity contribution in [2.24, 2.45) is 0 Å². The molecule has 0 spiro atoms. The molecule has 0 aliphatic carbocycles. The van der Waals surface area contributed by atoms with Crippen molar-refractivity contribution < 1.29 is 0 Å². The van der Waals surface area contributed by atoms with E-state index in [1.807, 2.05) is 18.5 Å². The summed E-state index contributed by atoms with van der Waals surface area (Å²) >= 11 is 0. The van der Waals surface area contributed by atoms with Gasteiger partial charge in [-0.05, 0) is 45.2 Å². The lowest BCUT2D eigenvalue weighted by molar-refractivity contribution is 0.517. The van der Waals surface area contributed by atoms with Gasteiger partial charge in [0.05, 0.1) is 0 Å². The van der Waals surface area contributed by atoms with E-state index < -0.39 is 0 Å². The molecule has 0 aromatic carbocycles. The fraction of sp³-hybridized carbons (Fsp3) is 0.500. The molecule has 16 heavy (non-hydrogen) atoms. The zero-order valence-corrected chi connectivity index (χ0v) is 10.5. The van der Waals surface area contributed by atoms with E-state index in [1.165, 1.54) is 17.6 Å². The minimum absolute atomic E-state index is 0.552. The van der Waals surface area contributed by atoms with Crippen molar-refractivity contribution in [3.63, 3.8) is 0 Å². The molecular weight excluding hydrogens is 196 g/mol. The molecule has 2 heteroatoms. The molecule has 1 rings (SSSR count). The van der Waals surface area contributed by atoms with Crippen LogP contribution >= 0.6 is 0 Å². The van der Waals surface area contributed by atoms with E-state index >= 15 is 0 Å². The summed E-state index contributed by atoms with van der Waals surface area (Å²) in [5, 5.41) is 3.50. The third kappa shape index (κ3) is 5.66. The molecule has 1 aromatic rings. The van der Waals surface area contributed by atoms with Gasteiger partial charge in [-0.2, -0.15) is 0 Å². The number of aromatic nitrogens is 1. The Labute approximate surface area is 98.8 Å². The molecule has 0 aliphatic heterocycles. The lowest BCUT2D eigenvalue weighted by Crippen LogP contribution is -2.25. The molecule has 0 amide bonds. The number of pyridine rings is 1. The highest BCUT2D eigenvalue weighted by molar-refractivity contribution is 5.07. The van der Waals surface area contributed by atoms with Crippen LogP contribution in [-0.2, 0) is 6.54 Å². The van der Waals surface area contributed by atoms with Gasteiger partial charge < -0.3 is 5.32 Å². The van der Waals surface area contributed by atoms with E-state index in [0.717, 1.165) is 13.0 Å². The Morgan fingerprint density at radius 3 is 2.94 bits per heavy atom. The second-order valence-corrected chi connectivity index (χ2v) is 4.50. The average molecular weight is 218 g/mol. The van der Waals surface area contributed by atoms with Crippen LogP contribution in [0.5, 0.6) is 0 Å². The van der Waals surface area contributed by atoms with Crippen LogP contribution in [0.2, 0.25) is 0 Å². The Morgan fingerprint density at radius 1 is 1.50 bits per heavy atom. The van der Waals surface area contributed by atoms with Gasteiger partial charge in [0.15, 0.2) is 0 Å². The molecule has 1 unspecified atom stereocenters. The zero-order chi connectivity index (χ0) is 11.8. The number of nitrogens with one attached hydrogen (secondary N) is 1. The van der Waals surface area contributed by atoms with E-state index in [0.29, 0.717) is 6.04 Å². The molecular formula is C14H22N2. The van der Waals surface area contributed by atoms with Gasteiger partial charge in [-0.25, -0.2) is 0 Å². The zero-order valence-electron chi connectivity index (χ0n) is 10.5. The molecule has 1 heterocycles. The summed E-state index contributed by atoms with van der Waals surface area (Å²) in [5.41, 5.74) is 2.65. The van der Waals surface area contributed by atoms with Crippen molar-refractivity contribution in [1.82, 2.24) is 10.3 Å². The SMILES string of the molecule is CC(C)=CCCC(C)NCc1cccnc1. The summed E-state index contributed by atoms with van der Waals surface area (Å²) < 4.78 is 0. The Hall–Kier alpha value is -1.15. The van der Waals surface area contributed by atoms with Crippen molar-refractivity contribution in [2.75, 3.05) is 0 Å². The first-order valence-corrected chi connectivity index (χ1v) is 5.94. The Bertz CT molecular complexity index is 313. The molecule has 1 N–H and O–H groups in total. The largest absolute Gasteiger partial charge is 0.310 e. The van der Waals surface area contributed by atoms with Gasteiger partial charge in [0.2, 0.25) is 0 Å². The Morgan fingerprint density at radius 2 is 2.31 bits per heavy atom. The topological polar surface area (TPSA) is 24.9 Å². The van der Waals surface area contributed by atoms with E-state index in [2.05, 4.69) is 43.2 Å². The second kappa shape index (κ2) is 7.18. The van der Waals surface area contributed by atoms with Crippen LogP contribution < -0.4 is 5.32 Å². The number of rotatable bonds is 6. The maximum atomic E-state index is 4.10. The minimum Gasteiger partial charge on any atom is -0.310 e. The Balaban J connectivity index is 2.20. The third-order valence-corrected chi connectivity index (χ3v) is 2.53. The van der Waals surface area contributed by atoms with Crippen LogP contribution in [-0.4, -0.2) is 11.0 Å². The fourth-order valence-corrected chi connectivity index (χ4v) is 1.52. The number of allylic oxidation sites excluding steroid dienone is 2. The minimum atomic E-state index is 0.552. The van der Waals surface area contributed by atoms with Gasteiger partial charge in [-0.15, -0.1) is 0 Å². The molecule has 0 saturated heterocycles. The average Bonchev–Trinajstić information content (AvgIpc) is 2.27. The first kappa shape index (κ1) is 12.9. The molecule has 0 aliphatic rings. The highest BCUT2D eigenvalue weighted by Crippen LogP contribution is 2.02. The number of hydrogen-bond acceptors (Lipinski definition) is 2. The van der Waals surface area contributed by atoms with E-state index in [9.17, 15) is 0 Å². The highest BCUT2D eigenvalue weighted by Gasteiger charge is 2.00. The summed E-state index contributed by atoms with van der Waals surface area (Å²) in [4.78, 5) is 4.10. The monoisotopic (exact) mass is 218 g/mol. The molecule has 0 fully saturated rings. The highest BCUT2D eigenvalue weighted by atomic mass is 14.9. The summed E-state index contributed by atoms with van der Waals surface area (Å²) in [6, 6.07) is 4.63. The predicted molar refractivity (Wildman–Crippen MR) is 69.2 cm³/mol. The third-order valence-electron chi connectivity index (χ3n) is 2.53. The quantitative estimate of drug-likeness (QED) is 0.741. The molecule has 88 valence electrons. The second-order valence-electron chi connectivity index (χ2n) is 4.50. The molecule has 1 atom stereocenters. The molecule has 0 radical (unpaired) electrons. The van der Waals surface area contributed by atoms with Crippen LogP contribution in [0.4, 0.5) is 0 Å². The van der Waals surface area contributed by atoms with E-state index in [1.54, 1.807) is 0 Å². The van der Waals surface area contributed by atoms with Gasteiger partial charge in [-0.3, -0.25) is 4.98 Å². The number of hydrogen-bond donors (Lipinski definition) is 1. The Kier molecular flexibility index (Phi) is 5.79. The van der Waals surface area contributed by atoms with Crippen molar-refractivity contribution in [3.05, 3.63) is 41.7 Å². The predicted octanol–water partition coefficient (Wildman–Crippen LogP) is 3.31. The van der Waals surface area contributed by atoms with Gasteiger partial charge in [0.25, 0.3) is 0 Å². The summed E-state index contributed by atoms with van der Waals surface area (Å²) in [6.07, 6.45) is 8.36. The van der Waals surface area contributed by atoms with Gasteiger partial charge >= 0.3 is 0 Å². The smallest absolute Gasteiger partial charge is 0.0312 e. The van der Waals surface area contributed by atoms with Gasteiger partial charge in [0, 0.05) is 25.0 Å². The van der Waals surface area contributed by atoms with Crippen molar-refractivity contribution in [1.29, 1.82) is 0 Å². The summed E-state index contributed by atoms with van der Waals surface area (Å²) in [5.74, 6) is 0. The van der Waals surface area contributed by atoms with Crippen molar-refractivity contribution >= 4 is 0 Å². The maximum absolute atomic E-state index is 4.10. The lowest BCUT2D eigenvalue weighted by atomic mass is 10.1. The van der Waals surface area contributed by atoms with Crippen LogP contribution in [0.25, 0.3) is 0 Å². The normalized spacial score (nSPS) is 12.2. The van der Waals surface area contributed by atoms with Gasteiger partial charge in [0.1, 0.15) is 0 Å². The van der Waals surface area contributed by atoms with Crippen LogP contribution in [0.1, 0.15) is 39.2 Å². The molecule has 0 bridgehead atoms. The lowest BCUT2D eigenvalue weighted by Gasteiger charge is -2.12. The van der Waals surface area contributed by atoms with E-state index in [-0.39, 0.29) is 0 Å². The van der Waals surface area contributed by atoms with Crippen molar-refractivity contribution in [3.8, 4) is 0 Å². The maximum Gasteiger partial charge on any atom is 0.0312 e. The first-order chi connectivity index (χ1) is 7.68. The molecule has 2 nitrogen and oxygen atoms in total. The fourth-order valence-electron chi connectivity index (χ4n) is 1.52. The van der Waals surface area contributed by atoms with Gasteiger partial charge in [-0.1, -0.05) is 17.7 Å². The molecule has 0 saturated carbocycles. The van der Waals surface area contributed by atoms with Crippen LogP contribution in [0.15, 0.2) is 36.2 Å². The molecule has 1 aromatic heterocycles. The summed E-state index contributed by atoms with van der Waals surface area (Å²) in [6.45, 7) is 7.43. The standard InChI is InChI=1S/C14H22N2/c1-12(2)6-4-7-13(3)16-11-14-8-5-9-15-10-14/h5-6,8-10,13,16H,4,7,11H2,1-3H3. The summed E-state index contributed by atoms with van der Waals surface area (Å²) in [7, 11) is 0. The number of nitrogens with zero attached hydrogens (tertiary/aromatic N) is 1.